The first-order chi connectivity index (χ1) is 16.1. The Kier molecular flexibility index (Phi) is 5.88. The summed E-state index contributed by atoms with van der Waals surface area (Å²) in [7, 11) is 0. The molecule has 2 aromatic heterocycles. The van der Waals surface area contributed by atoms with Crippen LogP contribution in [0.5, 0.6) is 5.75 Å². The Labute approximate surface area is 195 Å². The Balaban J connectivity index is 1.46. The molecule has 0 unspecified atom stereocenters. The molecular weight excluding hydrogens is 432 g/mol. The van der Waals surface area contributed by atoms with Crippen molar-refractivity contribution < 1.29 is 4.74 Å². The number of aryl methyl sites for hydroxylation is 2. The zero-order chi connectivity index (χ0) is 22.8. The lowest BCUT2D eigenvalue weighted by molar-refractivity contribution is 0.344. The summed E-state index contributed by atoms with van der Waals surface area (Å²) in [4.78, 5) is 13.3. The predicted molar refractivity (Wildman–Crippen MR) is 132 cm³/mol. The van der Waals surface area contributed by atoms with Crippen LogP contribution >= 0.6 is 11.8 Å². The SMILES string of the molecule is Cc1ccc(Cn2c(=O)c3ccccc3n3c(SCCOc4ccc(C)cc4)nnc23)cc1. The molecular formula is C26H24N4O2S. The van der Waals surface area contributed by atoms with E-state index in [1.165, 1.54) is 11.1 Å². The Morgan fingerprint density at radius 3 is 2.33 bits per heavy atom. The summed E-state index contributed by atoms with van der Waals surface area (Å²) >= 11 is 1.57. The number of rotatable bonds is 7. The third kappa shape index (κ3) is 4.36. The highest BCUT2D eigenvalue weighted by Gasteiger charge is 2.17. The molecule has 5 rings (SSSR count). The number of hydrogen-bond donors (Lipinski definition) is 0. The predicted octanol–water partition coefficient (Wildman–Crippen LogP) is 4.88. The van der Waals surface area contributed by atoms with Gasteiger partial charge in [0.25, 0.3) is 5.56 Å². The molecule has 5 aromatic rings. The van der Waals surface area contributed by atoms with E-state index in [0.29, 0.717) is 30.1 Å². The van der Waals surface area contributed by atoms with E-state index in [1.54, 1.807) is 16.3 Å². The summed E-state index contributed by atoms with van der Waals surface area (Å²) in [6.07, 6.45) is 0. The average molecular weight is 457 g/mol. The molecule has 166 valence electrons. The lowest BCUT2D eigenvalue weighted by atomic mass is 10.1. The van der Waals surface area contributed by atoms with Crippen LogP contribution in [0.15, 0.2) is 82.7 Å². The van der Waals surface area contributed by atoms with Crippen molar-refractivity contribution in [1.82, 2.24) is 19.2 Å². The minimum Gasteiger partial charge on any atom is -0.493 e. The molecule has 0 aliphatic rings. The number of hydrogen-bond acceptors (Lipinski definition) is 5. The highest BCUT2D eigenvalue weighted by molar-refractivity contribution is 7.99. The molecule has 0 radical (unpaired) electrons. The first kappa shape index (κ1) is 21.3. The molecule has 0 amide bonds. The van der Waals surface area contributed by atoms with Crippen LogP contribution in [-0.4, -0.2) is 31.5 Å². The van der Waals surface area contributed by atoms with Gasteiger partial charge in [-0.3, -0.25) is 13.8 Å². The summed E-state index contributed by atoms with van der Waals surface area (Å²) < 4.78 is 9.53. The second-order valence-electron chi connectivity index (χ2n) is 8.02. The lowest BCUT2D eigenvalue weighted by Crippen LogP contribution is -2.24. The third-order valence-corrected chi connectivity index (χ3v) is 6.44. The van der Waals surface area contributed by atoms with Gasteiger partial charge in [0.05, 0.1) is 24.1 Å². The van der Waals surface area contributed by atoms with Crippen molar-refractivity contribution in [2.45, 2.75) is 25.5 Å². The van der Waals surface area contributed by atoms with E-state index in [0.717, 1.165) is 22.0 Å². The van der Waals surface area contributed by atoms with E-state index < -0.39 is 0 Å². The normalized spacial score (nSPS) is 11.3. The van der Waals surface area contributed by atoms with Gasteiger partial charge >= 0.3 is 0 Å². The Hall–Kier alpha value is -3.58. The number of para-hydroxylation sites is 1. The number of nitrogens with zero attached hydrogens (tertiary/aromatic N) is 4. The smallest absolute Gasteiger partial charge is 0.263 e. The molecule has 0 aliphatic carbocycles. The van der Waals surface area contributed by atoms with Gasteiger partial charge in [0.1, 0.15) is 5.75 Å². The summed E-state index contributed by atoms with van der Waals surface area (Å²) in [5.74, 6) is 2.10. The maximum absolute atomic E-state index is 13.3. The van der Waals surface area contributed by atoms with Gasteiger partial charge in [-0.2, -0.15) is 0 Å². The number of aromatic nitrogens is 4. The van der Waals surface area contributed by atoms with E-state index in [2.05, 4.69) is 36.2 Å². The maximum atomic E-state index is 13.3. The van der Waals surface area contributed by atoms with Crippen molar-refractivity contribution in [3.63, 3.8) is 0 Å². The number of thioether (sulfide) groups is 1. The molecule has 3 aromatic carbocycles. The van der Waals surface area contributed by atoms with E-state index in [1.807, 2.05) is 65.1 Å². The molecule has 2 heterocycles. The zero-order valence-corrected chi connectivity index (χ0v) is 19.4. The van der Waals surface area contributed by atoms with Crippen molar-refractivity contribution in [2.75, 3.05) is 12.4 Å². The number of ether oxygens (including phenoxy) is 1. The lowest BCUT2D eigenvalue weighted by Gasteiger charge is -2.12. The van der Waals surface area contributed by atoms with Gasteiger partial charge in [0.15, 0.2) is 5.16 Å². The van der Waals surface area contributed by atoms with Gasteiger partial charge in [-0.25, -0.2) is 0 Å². The standard InChI is InChI=1S/C26H24N4O2S/c1-18-7-11-20(12-8-18)17-29-24(31)22-5-3-4-6-23(22)30-25(29)27-28-26(30)33-16-15-32-21-13-9-19(2)10-14-21/h3-14H,15-17H2,1-2H3. The summed E-state index contributed by atoms with van der Waals surface area (Å²) in [5.41, 5.74) is 4.18. The quantitative estimate of drug-likeness (QED) is 0.258. The Morgan fingerprint density at radius 1 is 0.879 bits per heavy atom. The van der Waals surface area contributed by atoms with Gasteiger partial charge in [0, 0.05) is 5.75 Å². The highest BCUT2D eigenvalue weighted by Crippen LogP contribution is 2.22. The van der Waals surface area contributed by atoms with Crippen molar-refractivity contribution in [3.05, 3.63) is 99.8 Å². The first-order valence-electron chi connectivity index (χ1n) is 10.8. The van der Waals surface area contributed by atoms with Crippen LogP contribution in [0.2, 0.25) is 0 Å². The van der Waals surface area contributed by atoms with Crippen molar-refractivity contribution >= 4 is 28.4 Å². The molecule has 6 nitrogen and oxygen atoms in total. The number of fused-ring (bicyclic) bond motifs is 3. The van der Waals surface area contributed by atoms with Crippen LogP contribution in [0.3, 0.4) is 0 Å². The van der Waals surface area contributed by atoms with Crippen LogP contribution in [0.1, 0.15) is 16.7 Å². The minimum absolute atomic E-state index is 0.0645. The molecule has 0 saturated carbocycles. The molecule has 0 bridgehead atoms. The third-order valence-electron chi connectivity index (χ3n) is 5.54. The van der Waals surface area contributed by atoms with E-state index >= 15 is 0 Å². The van der Waals surface area contributed by atoms with Crippen LogP contribution in [-0.2, 0) is 6.54 Å². The summed E-state index contributed by atoms with van der Waals surface area (Å²) in [6.45, 7) is 5.09. The summed E-state index contributed by atoms with van der Waals surface area (Å²) in [6, 6.07) is 23.8. The topological polar surface area (TPSA) is 61.4 Å². The van der Waals surface area contributed by atoms with Gasteiger partial charge in [-0.1, -0.05) is 71.4 Å². The fourth-order valence-corrected chi connectivity index (χ4v) is 4.53. The molecule has 0 fully saturated rings. The molecule has 0 atom stereocenters. The molecule has 0 spiro atoms. The van der Waals surface area contributed by atoms with Gasteiger partial charge < -0.3 is 4.74 Å². The Bertz CT molecular complexity index is 1470. The zero-order valence-electron chi connectivity index (χ0n) is 18.6. The van der Waals surface area contributed by atoms with Crippen LogP contribution in [0, 0.1) is 13.8 Å². The number of benzene rings is 3. The van der Waals surface area contributed by atoms with Gasteiger partial charge in [0.2, 0.25) is 5.78 Å². The average Bonchev–Trinajstić information content (AvgIpc) is 3.26. The van der Waals surface area contributed by atoms with Crippen LogP contribution in [0.25, 0.3) is 16.7 Å². The van der Waals surface area contributed by atoms with Crippen molar-refractivity contribution in [1.29, 1.82) is 0 Å². The molecule has 0 saturated heterocycles. The minimum atomic E-state index is -0.0645. The monoisotopic (exact) mass is 456 g/mol. The Morgan fingerprint density at radius 2 is 1.58 bits per heavy atom. The largest absolute Gasteiger partial charge is 0.493 e. The first-order valence-corrected chi connectivity index (χ1v) is 11.8. The molecule has 0 aliphatic heterocycles. The summed E-state index contributed by atoms with van der Waals surface area (Å²) in [5, 5.41) is 10.2. The van der Waals surface area contributed by atoms with E-state index in [9.17, 15) is 4.79 Å². The van der Waals surface area contributed by atoms with Gasteiger partial charge in [-0.05, 0) is 43.7 Å². The molecule has 7 heteroatoms. The molecule has 0 N–H and O–H groups in total. The fourth-order valence-electron chi connectivity index (χ4n) is 3.77. The van der Waals surface area contributed by atoms with Crippen molar-refractivity contribution in [2.24, 2.45) is 0 Å². The second kappa shape index (κ2) is 9.11. The van der Waals surface area contributed by atoms with Crippen LogP contribution in [0.4, 0.5) is 0 Å². The fraction of sp³-hybridized carbons (Fsp3) is 0.192. The van der Waals surface area contributed by atoms with E-state index in [-0.39, 0.29) is 5.56 Å². The maximum Gasteiger partial charge on any atom is 0.263 e. The van der Waals surface area contributed by atoms with E-state index in [4.69, 9.17) is 4.74 Å². The highest BCUT2D eigenvalue weighted by atomic mass is 32.2. The van der Waals surface area contributed by atoms with Crippen LogP contribution < -0.4 is 10.3 Å². The van der Waals surface area contributed by atoms with Crippen molar-refractivity contribution in [3.8, 4) is 5.75 Å². The second-order valence-corrected chi connectivity index (χ2v) is 9.08. The molecule has 33 heavy (non-hydrogen) atoms. The van der Waals surface area contributed by atoms with Gasteiger partial charge in [-0.15, -0.1) is 10.2 Å².